The molecule has 0 fully saturated rings. The zero-order valence-electron chi connectivity index (χ0n) is 17.8. The van der Waals surface area contributed by atoms with E-state index in [9.17, 15) is 9.59 Å². The van der Waals surface area contributed by atoms with Gasteiger partial charge in [0.15, 0.2) is 11.0 Å². The maximum atomic E-state index is 12.4. The number of benzene rings is 2. The smallest absolute Gasteiger partial charge is 0.251 e. The Morgan fingerprint density at radius 3 is 2.52 bits per heavy atom. The van der Waals surface area contributed by atoms with E-state index in [1.54, 1.807) is 10.6 Å². The average Bonchev–Trinajstić information content (AvgIpc) is 3.08. The molecule has 0 atom stereocenters. The summed E-state index contributed by atoms with van der Waals surface area (Å²) in [6.07, 6.45) is 0. The van der Waals surface area contributed by atoms with E-state index < -0.39 is 0 Å². The molecule has 2 aromatic carbocycles. The van der Waals surface area contributed by atoms with Gasteiger partial charge in [-0.2, -0.15) is 0 Å². The second-order valence-electron chi connectivity index (χ2n) is 7.21. The largest absolute Gasteiger partial charge is 0.345 e. The maximum Gasteiger partial charge on any atom is 0.251 e. The van der Waals surface area contributed by atoms with Gasteiger partial charge in [0, 0.05) is 17.1 Å². The molecule has 0 aliphatic heterocycles. The molecule has 0 bridgehead atoms. The number of hydrogen-bond acceptors (Lipinski definition) is 5. The van der Waals surface area contributed by atoms with Crippen LogP contribution in [0.25, 0.3) is 0 Å². The van der Waals surface area contributed by atoms with Crippen LogP contribution in [-0.2, 0) is 18.4 Å². The zero-order chi connectivity index (χ0) is 22.5. The SMILES string of the molecule is Cc1cc(Br)c(NC(=O)CSc2nnc(CNC(=O)c3ccccc3C)n2C)cc1C. The van der Waals surface area contributed by atoms with Crippen molar-refractivity contribution in [2.75, 3.05) is 11.1 Å². The highest BCUT2D eigenvalue weighted by Gasteiger charge is 2.14. The highest BCUT2D eigenvalue weighted by atomic mass is 79.9. The normalized spacial score (nSPS) is 10.7. The first-order valence-corrected chi connectivity index (χ1v) is 11.5. The lowest BCUT2D eigenvalue weighted by atomic mass is 10.1. The predicted molar refractivity (Wildman–Crippen MR) is 126 cm³/mol. The number of thioether (sulfide) groups is 1. The highest BCUT2D eigenvalue weighted by Crippen LogP contribution is 2.26. The van der Waals surface area contributed by atoms with E-state index in [1.165, 1.54) is 11.8 Å². The molecule has 2 N–H and O–H groups in total. The predicted octanol–water partition coefficient (Wildman–Crippen LogP) is 4.16. The molecule has 31 heavy (non-hydrogen) atoms. The fraction of sp³-hybridized carbons (Fsp3) is 0.273. The van der Waals surface area contributed by atoms with E-state index >= 15 is 0 Å². The van der Waals surface area contributed by atoms with Crippen LogP contribution in [0.5, 0.6) is 0 Å². The lowest BCUT2D eigenvalue weighted by Gasteiger charge is -2.10. The van der Waals surface area contributed by atoms with Crippen molar-refractivity contribution in [2.24, 2.45) is 7.05 Å². The van der Waals surface area contributed by atoms with Crippen molar-refractivity contribution in [3.8, 4) is 0 Å². The molecule has 2 amide bonds. The van der Waals surface area contributed by atoms with E-state index in [1.807, 2.05) is 58.2 Å². The molecule has 162 valence electrons. The monoisotopic (exact) mass is 501 g/mol. The summed E-state index contributed by atoms with van der Waals surface area (Å²) >= 11 is 4.78. The van der Waals surface area contributed by atoms with Gasteiger partial charge in [-0.3, -0.25) is 9.59 Å². The minimum atomic E-state index is -0.159. The number of hydrogen-bond donors (Lipinski definition) is 2. The van der Waals surface area contributed by atoms with Crippen molar-refractivity contribution in [1.29, 1.82) is 0 Å². The van der Waals surface area contributed by atoms with Crippen LogP contribution in [0.2, 0.25) is 0 Å². The molecule has 3 rings (SSSR count). The number of nitrogens with one attached hydrogen (secondary N) is 2. The number of carbonyl (C=O) groups excluding carboxylic acids is 2. The van der Waals surface area contributed by atoms with Crippen molar-refractivity contribution < 1.29 is 9.59 Å². The van der Waals surface area contributed by atoms with E-state index in [2.05, 4.69) is 36.8 Å². The van der Waals surface area contributed by atoms with Gasteiger partial charge in [0.05, 0.1) is 18.0 Å². The summed E-state index contributed by atoms with van der Waals surface area (Å²) in [5, 5.41) is 14.7. The molecule has 0 spiro atoms. The number of amides is 2. The molecule has 0 saturated carbocycles. The Bertz CT molecular complexity index is 1130. The second-order valence-corrected chi connectivity index (χ2v) is 9.01. The van der Waals surface area contributed by atoms with Crippen molar-refractivity contribution in [1.82, 2.24) is 20.1 Å². The van der Waals surface area contributed by atoms with Crippen LogP contribution in [0.4, 0.5) is 5.69 Å². The molecule has 0 aliphatic rings. The number of halogens is 1. The van der Waals surface area contributed by atoms with Crippen LogP contribution in [0.15, 0.2) is 46.0 Å². The quantitative estimate of drug-likeness (QED) is 0.474. The van der Waals surface area contributed by atoms with Gasteiger partial charge in [0.1, 0.15) is 0 Å². The van der Waals surface area contributed by atoms with Gasteiger partial charge in [0.2, 0.25) is 5.91 Å². The summed E-state index contributed by atoms with van der Waals surface area (Å²) < 4.78 is 2.63. The first-order chi connectivity index (χ1) is 14.8. The maximum absolute atomic E-state index is 12.4. The molecule has 3 aromatic rings. The number of carbonyl (C=O) groups is 2. The third-order valence-electron chi connectivity index (χ3n) is 4.91. The number of nitrogens with zero attached hydrogens (tertiary/aromatic N) is 3. The second kappa shape index (κ2) is 10.1. The van der Waals surface area contributed by atoms with Crippen LogP contribution in [0, 0.1) is 20.8 Å². The summed E-state index contributed by atoms with van der Waals surface area (Å²) in [6.45, 7) is 6.17. The minimum Gasteiger partial charge on any atom is -0.345 e. The Kier molecular flexibility index (Phi) is 7.50. The first kappa shape index (κ1) is 23.0. The number of anilines is 1. The number of aromatic nitrogens is 3. The lowest BCUT2D eigenvalue weighted by molar-refractivity contribution is -0.113. The number of aryl methyl sites for hydroxylation is 3. The summed E-state index contributed by atoms with van der Waals surface area (Å²) in [5.41, 5.74) is 4.55. The highest BCUT2D eigenvalue weighted by molar-refractivity contribution is 9.10. The summed E-state index contributed by atoms with van der Waals surface area (Å²) in [6, 6.07) is 11.3. The molecule has 1 aromatic heterocycles. The Morgan fingerprint density at radius 2 is 1.77 bits per heavy atom. The average molecular weight is 502 g/mol. The standard InChI is InChI=1S/C22H24BrN5O2S/c1-13-7-5-6-8-16(13)21(30)24-11-19-26-27-22(28(19)4)31-12-20(29)25-18-10-15(3)14(2)9-17(18)23/h5-10H,11-12H2,1-4H3,(H,24,30)(H,25,29). The topological polar surface area (TPSA) is 88.9 Å². The molecular weight excluding hydrogens is 478 g/mol. The van der Waals surface area contributed by atoms with Crippen LogP contribution in [-0.4, -0.2) is 32.3 Å². The van der Waals surface area contributed by atoms with Gasteiger partial charge in [-0.05, 0) is 71.6 Å². The Hall–Kier alpha value is -2.65. The molecule has 0 saturated heterocycles. The molecule has 0 aliphatic carbocycles. The third-order valence-corrected chi connectivity index (χ3v) is 6.59. The van der Waals surface area contributed by atoms with E-state index in [0.717, 1.165) is 26.9 Å². The molecule has 0 unspecified atom stereocenters. The molecule has 0 radical (unpaired) electrons. The van der Waals surface area contributed by atoms with Crippen molar-refractivity contribution in [3.63, 3.8) is 0 Å². The van der Waals surface area contributed by atoms with Crippen molar-refractivity contribution in [3.05, 3.63) is 68.9 Å². The van der Waals surface area contributed by atoms with Crippen molar-refractivity contribution >= 4 is 45.2 Å². The van der Waals surface area contributed by atoms with E-state index in [-0.39, 0.29) is 24.1 Å². The first-order valence-electron chi connectivity index (χ1n) is 9.67. The summed E-state index contributed by atoms with van der Waals surface area (Å²) in [4.78, 5) is 24.8. The Morgan fingerprint density at radius 1 is 1.06 bits per heavy atom. The van der Waals surface area contributed by atoms with Crippen molar-refractivity contribution in [2.45, 2.75) is 32.5 Å². The number of rotatable bonds is 7. The van der Waals surface area contributed by atoms with Gasteiger partial charge >= 0.3 is 0 Å². The zero-order valence-corrected chi connectivity index (χ0v) is 20.2. The fourth-order valence-electron chi connectivity index (χ4n) is 2.90. The molecule has 9 heteroatoms. The Labute approximate surface area is 194 Å². The lowest BCUT2D eigenvalue weighted by Crippen LogP contribution is -2.25. The molecule has 1 heterocycles. The van der Waals surface area contributed by atoms with Crippen LogP contribution < -0.4 is 10.6 Å². The van der Waals surface area contributed by atoms with Gasteiger partial charge < -0.3 is 15.2 Å². The van der Waals surface area contributed by atoms with Gasteiger partial charge in [0.25, 0.3) is 5.91 Å². The van der Waals surface area contributed by atoms with Gasteiger partial charge in [-0.25, -0.2) is 0 Å². The molecule has 7 nitrogen and oxygen atoms in total. The van der Waals surface area contributed by atoms with Gasteiger partial charge in [-0.1, -0.05) is 30.0 Å². The minimum absolute atomic E-state index is 0.133. The summed E-state index contributed by atoms with van der Waals surface area (Å²) in [7, 11) is 1.81. The van der Waals surface area contributed by atoms with Crippen LogP contribution >= 0.6 is 27.7 Å². The molecular formula is C22H24BrN5O2S. The third kappa shape index (κ3) is 5.74. The fourth-order valence-corrected chi connectivity index (χ4v) is 4.19. The van der Waals surface area contributed by atoms with Gasteiger partial charge in [-0.15, -0.1) is 10.2 Å². The van der Waals surface area contributed by atoms with Crippen LogP contribution in [0.3, 0.4) is 0 Å². The summed E-state index contributed by atoms with van der Waals surface area (Å²) in [5.74, 6) is 0.516. The van der Waals surface area contributed by atoms with Crippen LogP contribution in [0.1, 0.15) is 32.9 Å². The van der Waals surface area contributed by atoms with E-state index in [0.29, 0.717) is 16.5 Å². The van der Waals surface area contributed by atoms with E-state index in [4.69, 9.17) is 0 Å². The Balaban J connectivity index is 1.55.